The molecule has 188 valence electrons. The van der Waals surface area contributed by atoms with Gasteiger partial charge in [0.25, 0.3) is 0 Å². The van der Waals surface area contributed by atoms with Gasteiger partial charge in [0.2, 0.25) is 0 Å². The lowest BCUT2D eigenvalue weighted by Crippen LogP contribution is -2.20. The lowest BCUT2D eigenvalue weighted by molar-refractivity contribution is 1.12. The Balaban J connectivity index is 4.23. The van der Waals surface area contributed by atoms with Gasteiger partial charge in [-0.15, -0.1) is 71.4 Å². The molecule has 0 fully saturated rings. The van der Waals surface area contributed by atoms with Crippen LogP contribution in [0.5, 0.6) is 0 Å². The topological polar surface area (TPSA) is 0 Å². The summed E-state index contributed by atoms with van der Waals surface area (Å²) in [6.07, 6.45) is 2.57. The van der Waals surface area contributed by atoms with E-state index in [9.17, 15) is 0 Å². The summed E-state index contributed by atoms with van der Waals surface area (Å²) >= 11 is 46.3. The molecular formula is C15H32S16. The quantitative estimate of drug-likeness (QED) is 0.0322. The summed E-state index contributed by atoms with van der Waals surface area (Å²) in [6.45, 7) is 0. The molecule has 0 unspecified atom stereocenters. The Labute approximate surface area is 266 Å². The van der Waals surface area contributed by atoms with Crippen molar-refractivity contribution in [2.45, 2.75) is 18.3 Å². The van der Waals surface area contributed by atoms with Gasteiger partial charge in [-0.05, 0) is 35.9 Å². The predicted molar refractivity (Wildman–Crippen MR) is 198 cm³/mol. The third-order valence-electron chi connectivity index (χ3n) is 2.96. The Hall–Kier alpha value is 5.60. The molecule has 0 aliphatic carbocycles. The monoisotopic (exact) mass is 724 g/mol. The van der Waals surface area contributed by atoms with Crippen LogP contribution in [-0.4, -0.2) is 64.1 Å². The summed E-state index contributed by atoms with van der Waals surface area (Å²) < 4.78 is -0.367. The molecule has 0 radical (unpaired) electrons. The van der Waals surface area contributed by atoms with Crippen LogP contribution in [-0.2, 0) is 0 Å². The van der Waals surface area contributed by atoms with Crippen LogP contribution in [0, 0.1) is 0 Å². The van der Waals surface area contributed by atoms with Crippen LogP contribution in [0.1, 0.15) is 12.8 Å². The molecule has 0 saturated heterocycles. The third kappa shape index (κ3) is 21.1. The average molecular weight is 725 g/mol. The van der Waals surface area contributed by atoms with E-state index in [1.165, 1.54) is 40.9 Å². The molecule has 0 aromatic heterocycles. The van der Waals surface area contributed by atoms with Gasteiger partial charge in [-0.3, -0.25) is 0 Å². The second kappa shape index (κ2) is 25.9. The standard InChI is InChI=1S/C15H32S16/c16-7-22-3-1-4-23-12-24-5-2-6-25-13-30-15(28-10-19,29-11-20)31-14(21,26-8-17)27-9-18/h16-21H,1-13H2. The van der Waals surface area contributed by atoms with Crippen molar-refractivity contribution in [2.75, 3.05) is 58.6 Å². The van der Waals surface area contributed by atoms with E-state index < -0.39 is 0 Å². The molecule has 31 heavy (non-hydrogen) atoms. The first-order valence-corrected chi connectivity index (χ1v) is 23.0. The second-order valence-electron chi connectivity index (χ2n) is 5.07. The molecule has 0 aromatic carbocycles. The average Bonchev–Trinajstić information content (AvgIpc) is 2.72. The fourth-order valence-corrected chi connectivity index (χ4v) is 23.1. The zero-order chi connectivity index (χ0) is 23.3. The molecule has 0 aliphatic rings. The van der Waals surface area contributed by atoms with Crippen molar-refractivity contribution in [1.82, 2.24) is 0 Å². The Kier molecular flexibility index (Phi) is 30.5. The number of hydrogen-bond donors (Lipinski definition) is 6. The van der Waals surface area contributed by atoms with Crippen molar-refractivity contribution in [1.29, 1.82) is 0 Å². The molecule has 16 heteroatoms. The summed E-state index contributed by atoms with van der Waals surface area (Å²) in [5.41, 5.74) is 0. The van der Waals surface area contributed by atoms with Crippen molar-refractivity contribution >= 4 is 193 Å². The van der Waals surface area contributed by atoms with Crippen LogP contribution in [0.15, 0.2) is 0 Å². The molecule has 0 aliphatic heterocycles. The SMILES string of the molecule is SCSCCCSCSCCCSCSC(SCS)(SCS)SC(S)(SCS)SCS. The van der Waals surface area contributed by atoms with Gasteiger partial charge in [0.05, 0.1) is 0 Å². The maximum absolute atomic E-state index is 4.99. The molecule has 0 saturated carbocycles. The van der Waals surface area contributed by atoms with Crippen LogP contribution in [0.3, 0.4) is 0 Å². The Morgan fingerprint density at radius 1 is 0.484 bits per heavy atom. The number of hydrogen-bond acceptors (Lipinski definition) is 16. The van der Waals surface area contributed by atoms with Crippen LogP contribution < -0.4 is 0 Å². The summed E-state index contributed by atoms with van der Waals surface area (Å²) in [5, 5.41) is 6.23. The Morgan fingerprint density at radius 3 is 1.39 bits per heavy atom. The fourth-order valence-electron chi connectivity index (χ4n) is 1.73. The van der Waals surface area contributed by atoms with E-state index in [0.717, 1.165) is 30.5 Å². The fraction of sp³-hybridized carbons (Fsp3) is 1.00. The van der Waals surface area contributed by atoms with Crippen LogP contribution in [0.25, 0.3) is 0 Å². The van der Waals surface area contributed by atoms with Crippen molar-refractivity contribution in [3.8, 4) is 0 Å². The highest BCUT2D eigenvalue weighted by Gasteiger charge is 2.42. The smallest absolute Gasteiger partial charge is 0.158 e. The highest BCUT2D eigenvalue weighted by Crippen LogP contribution is 2.66. The van der Waals surface area contributed by atoms with Crippen molar-refractivity contribution < 1.29 is 0 Å². The molecule has 0 N–H and O–H groups in total. The maximum atomic E-state index is 4.99. The van der Waals surface area contributed by atoms with E-state index in [-0.39, 0.29) is 5.49 Å². The van der Waals surface area contributed by atoms with Gasteiger partial charge in [-0.25, -0.2) is 0 Å². The van der Waals surface area contributed by atoms with Gasteiger partial charge >= 0.3 is 0 Å². The Bertz CT molecular complexity index is 374. The van der Waals surface area contributed by atoms with Gasteiger partial charge in [0, 0.05) is 35.6 Å². The molecule has 0 heterocycles. The largest absolute Gasteiger partial charge is 0.168 e. The molecule has 0 amide bonds. The molecule has 0 spiro atoms. The van der Waals surface area contributed by atoms with Crippen LogP contribution >= 0.6 is 193 Å². The zero-order valence-electron chi connectivity index (χ0n) is 17.0. The first kappa shape index (κ1) is 36.6. The molecule has 0 atom stereocenters. The van der Waals surface area contributed by atoms with Crippen LogP contribution in [0.4, 0.5) is 0 Å². The van der Waals surface area contributed by atoms with Crippen molar-refractivity contribution in [2.24, 2.45) is 0 Å². The normalized spacial score (nSPS) is 12.6. The van der Waals surface area contributed by atoms with E-state index in [1.807, 2.05) is 70.6 Å². The number of thiol groups is 6. The predicted octanol–water partition coefficient (Wildman–Crippen LogP) is 9.60. The lowest BCUT2D eigenvalue weighted by atomic mass is 10.6. The molecular weight excluding hydrogens is 693 g/mol. The minimum absolute atomic E-state index is 0.0826. The molecule has 0 bridgehead atoms. The van der Waals surface area contributed by atoms with E-state index in [2.05, 4.69) is 86.7 Å². The molecule has 0 aromatic rings. The zero-order valence-corrected chi connectivity index (χ0v) is 30.5. The first-order chi connectivity index (χ1) is 15.0. The van der Waals surface area contributed by atoms with Crippen molar-refractivity contribution in [3.05, 3.63) is 0 Å². The second-order valence-corrected chi connectivity index (χ2v) is 25.2. The van der Waals surface area contributed by atoms with Gasteiger partial charge in [0.15, 0.2) is 5.49 Å². The minimum atomic E-state index is -0.285. The summed E-state index contributed by atoms with van der Waals surface area (Å²) in [5.74, 6) is 4.98. The summed E-state index contributed by atoms with van der Waals surface area (Å²) in [7, 11) is 0. The van der Waals surface area contributed by atoms with Crippen molar-refractivity contribution in [3.63, 3.8) is 0 Å². The van der Waals surface area contributed by atoms with E-state index in [0.29, 0.717) is 0 Å². The lowest BCUT2D eigenvalue weighted by Gasteiger charge is -2.37. The minimum Gasteiger partial charge on any atom is -0.168 e. The molecule has 0 rings (SSSR count). The van der Waals surface area contributed by atoms with Gasteiger partial charge in [-0.1, -0.05) is 11.8 Å². The number of thioether (sulfide) groups is 10. The van der Waals surface area contributed by atoms with Gasteiger partial charge in [0.1, 0.15) is 0 Å². The van der Waals surface area contributed by atoms with E-state index in [4.69, 9.17) is 12.6 Å². The Morgan fingerprint density at radius 2 is 0.935 bits per heavy atom. The highest BCUT2D eigenvalue weighted by molar-refractivity contribution is 8.58. The summed E-state index contributed by atoms with van der Waals surface area (Å²) in [4.78, 5) is 0. The van der Waals surface area contributed by atoms with Crippen LogP contribution in [0.2, 0.25) is 0 Å². The molecule has 0 nitrogen and oxygen atoms in total. The highest BCUT2D eigenvalue weighted by atomic mass is 32.4. The maximum Gasteiger partial charge on any atom is 0.158 e. The van der Waals surface area contributed by atoms with Gasteiger partial charge in [-0.2, -0.15) is 110 Å². The number of rotatable bonds is 24. The van der Waals surface area contributed by atoms with E-state index in [1.54, 1.807) is 23.5 Å². The summed E-state index contributed by atoms with van der Waals surface area (Å²) in [6, 6.07) is 0. The first-order valence-electron chi connectivity index (χ1n) is 8.99. The van der Waals surface area contributed by atoms with E-state index >= 15 is 0 Å². The third-order valence-corrected chi connectivity index (χ3v) is 19.7. The van der Waals surface area contributed by atoms with Gasteiger partial charge < -0.3 is 0 Å².